The van der Waals surface area contributed by atoms with Gasteiger partial charge in [0.15, 0.2) is 0 Å². The number of ether oxygens (including phenoxy) is 1. The van der Waals surface area contributed by atoms with Gasteiger partial charge in [0.2, 0.25) is 0 Å². The molecule has 1 aromatic heterocycles. The summed E-state index contributed by atoms with van der Waals surface area (Å²) in [5.74, 6) is -0.461. The number of nitrogens with zero attached hydrogens (tertiary/aromatic N) is 4. The lowest BCUT2D eigenvalue weighted by Crippen LogP contribution is -2.48. The zero-order valence-corrected chi connectivity index (χ0v) is 18.0. The third-order valence-corrected chi connectivity index (χ3v) is 4.72. The number of anilines is 2. The number of amides is 3. The van der Waals surface area contributed by atoms with Gasteiger partial charge in [-0.15, -0.1) is 0 Å². The van der Waals surface area contributed by atoms with Crippen molar-refractivity contribution in [3.8, 4) is 6.07 Å². The largest absolute Gasteiger partial charge is 0.447 e. The first-order chi connectivity index (χ1) is 15.3. The van der Waals surface area contributed by atoms with Crippen LogP contribution in [-0.4, -0.2) is 59.2 Å². The minimum atomic E-state index is -0.551. The van der Waals surface area contributed by atoms with Crippen molar-refractivity contribution in [2.24, 2.45) is 0 Å². The van der Waals surface area contributed by atoms with E-state index < -0.39 is 11.8 Å². The van der Waals surface area contributed by atoms with E-state index in [-0.39, 0.29) is 17.9 Å². The van der Waals surface area contributed by atoms with Gasteiger partial charge in [0.25, 0.3) is 0 Å². The number of rotatable bonds is 5. The summed E-state index contributed by atoms with van der Waals surface area (Å²) < 4.78 is 19.4. The van der Waals surface area contributed by atoms with Gasteiger partial charge in [-0.1, -0.05) is 0 Å². The molecule has 0 bridgehead atoms. The third-order valence-electron chi connectivity index (χ3n) is 4.72. The van der Waals surface area contributed by atoms with Gasteiger partial charge in [0.1, 0.15) is 17.6 Å². The molecule has 0 unspecified atom stereocenters. The number of aromatic nitrogens is 1. The molecule has 0 radical (unpaired) electrons. The van der Waals surface area contributed by atoms with Crippen molar-refractivity contribution >= 4 is 23.5 Å². The normalized spacial score (nSPS) is 14.0. The van der Waals surface area contributed by atoms with E-state index >= 15 is 0 Å². The molecule has 1 saturated heterocycles. The standard InChI is InChI=1S/C22H25FN6O3/c1-15(2)32-22(31)29-7-5-28(6-8-29)14-16-9-17(23)11-20(10-16)27-21(30)26-19-4-3-18(12-24)25-13-19/h3-4,9-11,13,15H,5-8,14H2,1-2H3,(H2,26,27,30). The number of nitriles is 1. The van der Waals surface area contributed by atoms with Gasteiger partial charge in [0, 0.05) is 38.4 Å². The lowest BCUT2D eigenvalue weighted by molar-refractivity contribution is 0.0559. The second-order valence-electron chi connectivity index (χ2n) is 7.67. The van der Waals surface area contributed by atoms with Gasteiger partial charge in [-0.05, 0) is 49.7 Å². The van der Waals surface area contributed by atoms with Crippen LogP contribution in [0.4, 0.5) is 25.4 Å². The van der Waals surface area contributed by atoms with Crippen LogP contribution in [-0.2, 0) is 11.3 Å². The monoisotopic (exact) mass is 440 g/mol. The fraction of sp³-hybridized carbons (Fsp3) is 0.364. The Morgan fingerprint density at radius 3 is 2.50 bits per heavy atom. The number of nitrogens with one attached hydrogen (secondary N) is 2. The number of hydrogen-bond acceptors (Lipinski definition) is 6. The minimum Gasteiger partial charge on any atom is -0.447 e. The van der Waals surface area contributed by atoms with Crippen LogP contribution >= 0.6 is 0 Å². The Bertz CT molecular complexity index is 998. The number of pyridine rings is 1. The Morgan fingerprint density at radius 1 is 1.16 bits per heavy atom. The van der Waals surface area contributed by atoms with Crippen molar-refractivity contribution in [3.63, 3.8) is 0 Å². The first-order valence-corrected chi connectivity index (χ1v) is 10.2. The molecule has 3 rings (SSSR count). The zero-order chi connectivity index (χ0) is 23.1. The molecule has 0 saturated carbocycles. The molecule has 0 atom stereocenters. The van der Waals surface area contributed by atoms with Gasteiger partial charge in [-0.2, -0.15) is 5.26 Å². The second kappa shape index (κ2) is 10.5. The van der Waals surface area contributed by atoms with Crippen molar-refractivity contribution in [2.75, 3.05) is 36.8 Å². The summed E-state index contributed by atoms with van der Waals surface area (Å²) in [6.07, 6.45) is 0.885. The second-order valence-corrected chi connectivity index (χ2v) is 7.67. The van der Waals surface area contributed by atoms with Crippen LogP contribution in [0.15, 0.2) is 36.5 Å². The van der Waals surface area contributed by atoms with E-state index in [0.717, 1.165) is 0 Å². The molecular weight excluding hydrogens is 415 g/mol. The molecule has 2 heterocycles. The molecule has 1 fully saturated rings. The summed E-state index contributed by atoms with van der Waals surface area (Å²) in [6.45, 7) is 6.45. The summed E-state index contributed by atoms with van der Waals surface area (Å²) in [7, 11) is 0. The topological polar surface area (TPSA) is 111 Å². The van der Waals surface area contributed by atoms with Crippen LogP contribution in [0.2, 0.25) is 0 Å². The average Bonchev–Trinajstić information content (AvgIpc) is 2.73. The predicted octanol–water partition coefficient (Wildman–Crippen LogP) is 3.40. The van der Waals surface area contributed by atoms with Crippen molar-refractivity contribution in [3.05, 3.63) is 53.6 Å². The number of urea groups is 1. The first-order valence-electron chi connectivity index (χ1n) is 10.2. The molecule has 2 aromatic rings. The Kier molecular flexibility index (Phi) is 7.57. The quantitative estimate of drug-likeness (QED) is 0.737. The summed E-state index contributed by atoms with van der Waals surface area (Å²) in [5, 5.41) is 14.0. The molecule has 0 spiro atoms. The summed E-state index contributed by atoms with van der Waals surface area (Å²) in [4.78, 5) is 31.9. The van der Waals surface area contributed by atoms with E-state index in [0.29, 0.717) is 49.7 Å². The third kappa shape index (κ3) is 6.65. The van der Waals surface area contributed by atoms with Crippen molar-refractivity contribution in [1.82, 2.24) is 14.8 Å². The van der Waals surface area contributed by atoms with Gasteiger partial charge < -0.3 is 20.3 Å². The summed E-state index contributed by atoms with van der Waals surface area (Å²) in [6, 6.07) is 8.75. The maximum absolute atomic E-state index is 14.1. The zero-order valence-electron chi connectivity index (χ0n) is 18.0. The van der Waals surface area contributed by atoms with Crippen molar-refractivity contribution in [2.45, 2.75) is 26.5 Å². The Balaban J connectivity index is 1.54. The van der Waals surface area contributed by atoms with Crippen LogP contribution in [0.1, 0.15) is 25.1 Å². The van der Waals surface area contributed by atoms with E-state index in [1.165, 1.54) is 24.4 Å². The van der Waals surface area contributed by atoms with Crippen LogP contribution in [0.5, 0.6) is 0 Å². The van der Waals surface area contributed by atoms with Crippen LogP contribution in [0, 0.1) is 17.1 Å². The van der Waals surface area contributed by atoms with E-state index in [4.69, 9.17) is 10.00 Å². The molecule has 0 aliphatic carbocycles. The lowest BCUT2D eigenvalue weighted by Gasteiger charge is -2.34. The molecule has 2 N–H and O–H groups in total. The van der Waals surface area contributed by atoms with Gasteiger partial charge in [-0.25, -0.2) is 19.0 Å². The smallest absolute Gasteiger partial charge is 0.410 e. The lowest BCUT2D eigenvalue weighted by atomic mass is 10.1. The fourth-order valence-corrected chi connectivity index (χ4v) is 3.26. The van der Waals surface area contributed by atoms with Gasteiger partial charge >= 0.3 is 12.1 Å². The summed E-state index contributed by atoms with van der Waals surface area (Å²) in [5.41, 5.74) is 1.67. The number of benzene rings is 1. The molecule has 1 aromatic carbocycles. The SMILES string of the molecule is CC(C)OC(=O)N1CCN(Cc2cc(F)cc(NC(=O)Nc3ccc(C#N)nc3)c2)CC1. The molecule has 1 aliphatic heterocycles. The highest BCUT2D eigenvalue weighted by Crippen LogP contribution is 2.18. The number of carbonyl (C=O) groups excluding carboxylic acids is 2. The highest BCUT2D eigenvalue weighted by atomic mass is 19.1. The molecule has 9 nitrogen and oxygen atoms in total. The number of piperazine rings is 1. The maximum atomic E-state index is 14.1. The molecular formula is C22H25FN6O3. The molecule has 168 valence electrons. The maximum Gasteiger partial charge on any atom is 0.410 e. The minimum absolute atomic E-state index is 0.163. The Hall–Kier alpha value is -3.71. The predicted molar refractivity (Wildman–Crippen MR) is 116 cm³/mol. The van der Waals surface area contributed by atoms with Gasteiger partial charge in [0.05, 0.1) is 18.0 Å². The van der Waals surface area contributed by atoms with Crippen molar-refractivity contribution in [1.29, 1.82) is 5.26 Å². The van der Waals surface area contributed by atoms with E-state index in [2.05, 4.69) is 20.5 Å². The number of carbonyl (C=O) groups is 2. The van der Waals surface area contributed by atoms with Gasteiger partial charge in [-0.3, -0.25) is 4.90 Å². The highest BCUT2D eigenvalue weighted by molar-refractivity contribution is 5.99. The molecule has 10 heteroatoms. The van der Waals surface area contributed by atoms with Crippen LogP contribution < -0.4 is 10.6 Å². The van der Waals surface area contributed by atoms with E-state index in [1.807, 2.05) is 19.9 Å². The number of hydrogen-bond donors (Lipinski definition) is 2. The van der Waals surface area contributed by atoms with Crippen molar-refractivity contribution < 1.29 is 18.7 Å². The van der Waals surface area contributed by atoms with E-state index in [1.54, 1.807) is 17.0 Å². The highest BCUT2D eigenvalue weighted by Gasteiger charge is 2.23. The summed E-state index contributed by atoms with van der Waals surface area (Å²) >= 11 is 0. The Morgan fingerprint density at radius 2 is 1.88 bits per heavy atom. The molecule has 1 aliphatic rings. The van der Waals surface area contributed by atoms with Crippen LogP contribution in [0.25, 0.3) is 0 Å². The van der Waals surface area contributed by atoms with E-state index in [9.17, 15) is 14.0 Å². The average molecular weight is 440 g/mol. The molecule has 3 amide bonds. The first kappa shape index (κ1) is 23.0. The Labute approximate surface area is 185 Å². The number of halogens is 1. The molecule has 32 heavy (non-hydrogen) atoms. The van der Waals surface area contributed by atoms with Crippen LogP contribution in [0.3, 0.4) is 0 Å². The fourth-order valence-electron chi connectivity index (χ4n) is 3.26.